The fraction of sp³-hybridized carbons (Fsp3) is 0.278. The third-order valence-electron chi connectivity index (χ3n) is 3.69. The summed E-state index contributed by atoms with van der Waals surface area (Å²) < 4.78 is 8.36. The Morgan fingerprint density at radius 1 is 1.28 bits per heavy atom. The van der Waals surface area contributed by atoms with E-state index < -0.39 is 0 Å². The van der Waals surface area contributed by atoms with E-state index in [0.29, 0.717) is 23.9 Å². The zero-order valence-corrected chi connectivity index (χ0v) is 14.6. The highest BCUT2D eigenvalue weighted by Gasteiger charge is 2.17. The average molecular weight is 340 g/mol. The van der Waals surface area contributed by atoms with Gasteiger partial charge < -0.3 is 19.7 Å². The van der Waals surface area contributed by atoms with Gasteiger partial charge in [-0.3, -0.25) is 0 Å². The van der Waals surface area contributed by atoms with E-state index in [0.717, 1.165) is 16.5 Å². The van der Waals surface area contributed by atoms with Crippen molar-refractivity contribution in [1.29, 1.82) is 5.41 Å². The van der Waals surface area contributed by atoms with Crippen LogP contribution in [0.2, 0.25) is 0 Å². The number of hydrogen-bond acceptors (Lipinski definition) is 5. The van der Waals surface area contributed by atoms with Crippen molar-refractivity contribution in [2.75, 3.05) is 34.3 Å². The molecule has 0 fully saturated rings. The van der Waals surface area contributed by atoms with Crippen molar-refractivity contribution in [2.45, 2.75) is 0 Å². The van der Waals surface area contributed by atoms with Gasteiger partial charge in [0, 0.05) is 12.3 Å². The summed E-state index contributed by atoms with van der Waals surface area (Å²) in [7, 11) is 6.29. The molecule has 1 aliphatic rings. The highest BCUT2D eigenvalue weighted by molar-refractivity contribution is 6.20. The Morgan fingerprint density at radius 2 is 2.08 bits per heavy atom. The molecule has 0 spiro atoms. The van der Waals surface area contributed by atoms with Crippen LogP contribution in [-0.2, 0) is 0 Å². The summed E-state index contributed by atoms with van der Waals surface area (Å²) >= 11 is 0. The number of aromatic nitrogens is 2. The van der Waals surface area contributed by atoms with Crippen LogP contribution in [0, 0.1) is 5.41 Å². The van der Waals surface area contributed by atoms with E-state index in [9.17, 15) is 5.11 Å². The molecular weight excluding hydrogens is 318 g/mol. The lowest BCUT2D eigenvalue weighted by Gasteiger charge is -2.23. The number of nitrogens with zero attached hydrogens (tertiary/aromatic N) is 4. The first-order chi connectivity index (χ1) is 11.8. The van der Waals surface area contributed by atoms with E-state index in [1.54, 1.807) is 16.7 Å². The molecule has 3 rings (SSSR count). The number of ether oxygens (including phenoxy) is 1. The predicted molar refractivity (Wildman–Crippen MR) is 98.3 cm³/mol. The summed E-state index contributed by atoms with van der Waals surface area (Å²) in [6, 6.07) is 5.68. The first-order valence-electron chi connectivity index (χ1n) is 8.00. The Kier molecular flexibility index (Phi) is 4.41. The van der Waals surface area contributed by atoms with Crippen LogP contribution in [0.4, 0.5) is 5.69 Å². The molecule has 0 radical (unpaired) electrons. The van der Waals surface area contributed by atoms with Gasteiger partial charge in [-0.2, -0.15) is 0 Å². The van der Waals surface area contributed by atoms with E-state index in [-0.39, 0.29) is 11.5 Å². The highest BCUT2D eigenvalue weighted by Crippen LogP contribution is 2.32. The van der Waals surface area contributed by atoms with Crippen molar-refractivity contribution in [3.8, 4) is 5.88 Å². The predicted octanol–water partition coefficient (Wildman–Crippen LogP) is 2.52. The molecule has 7 nitrogen and oxygen atoms in total. The average Bonchev–Trinajstić information content (AvgIpc) is 2.87. The molecule has 7 heteroatoms. The van der Waals surface area contributed by atoms with Gasteiger partial charge in [-0.1, -0.05) is 6.07 Å². The van der Waals surface area contributed by atoms with Crippen LogP contribution in [0.1, 0.15) is 0 Å². The van der Waals surface area contributed by atoms with E-state index in [1.807, 2.05) is 24.4 Å². The number of aliphatic hydroxyl groups excluding tert-OH is 1. The molecule has 2 N–H and O–H groups in total. The summed E-state index contributed by atoms with van der Waals surface area (Å²) in [5.41, 5.74) is 1.97. The van der Waals surface area contributed by atoms with Crippen molar-refractivity contribution < 1.29 is 14.3 Å². The zero-order valence-electron chi connectivity index (χ0n) is 14.6. The lowest BCUT2D eigenvalue weighted by molar-refractivity contribution is -0.870. The van der Waals surface area contributed by atoms with Gasteiger partial charge in [-0.05, 0) is 24.3 Å². The van der Waals surface area contributed by atoms with Gasteiger partial charge in [0.05, 0.1) is 32.4 Å². The molecule has 0 bridgehead atoms. The number of aliphatic hydroxyl groups is 1. The summed E-state index contributed by atoms with van der Waals surface area (Å²) in [6.45, 7) is 1.33. The number of pyridine rings is 1. The van der Waals surface area contributed by atoms with Crippen LogP contribution in [0.5, 0.6) is 5.88 Å². The second kappa shape index (κ2) is 6.52. The number of rotatable bonds is 5. The Labute approximate surface area is 146 Å². The Bertz CT molecular complexity index is 900. The minimum absolute atomic E-state index is 0.0416. The number of likely N-dealkylation sites (N-methyl/N-ethyl adjacent to an activating group) is 1. The molecular formula is C18H22N5O2+. The number of nitrogens with one attached hydrogen (secondary N) is 1. The third-order valence-corrected chi connectivity index (χ3v) is 3.69. The fourth-order valence-electron chi connectivity index (χ4n) is 2.32. The van der Waals surface area contributed by atoms with Crippen molar-refractivity contribution in [2.24, 2.45) is 4.99 Å². The van der Waals surface area contributed by atoms with Crippen LogP contribution in [0.15, 0.2) is 53.4 Å². The third kappa shape index (κ3) is 3.95. The molecule has 25 heavy (non-hydrogen) atoms. The summed E-state index contributed by atoms with van der Waals surface area (Å²) in [5.74, 6) is 0.383. The highest BCUT2D eigenvalue weighted by atomic mass is 16.5. The van der Waals surface area contributed by atoms with Crippen molar-refractivity contribution in [3.05, 3.63) is 48.4 Å². The maximum Gasteiger partial charge on any atom is 0.260 e. The standard InChI is InChI=1S/C18H21N5O2/c1-23(2,3)10-11-25-18-17(15-6-4-5-9-22(15)21-18)20-14-8-7-13(19)12-16(14)24/h4-9,12H,10-11H2,1-3H3,(H-,19,24)/p+1/b20-14+. The van der Waals surface area contributed by atoms with Gasteiger partial charge in [0.2, 0.25) is 0 Å². The molecule has 130 valence electrons. The second-order valence-corrected chi connectivity index (χ2v) is 6.86. The lowest BCUT2D eigenvalue weighted by atomic mass is 10.1. The molecule has 0 amide bonds. The number of fused-ring (bicyclic) bond motifs is 1. The molecule has 0 aromatic carbocycles. The molecule has 2 heterocycles. The Balaban J connectivity index is 1.98. The van der Waals surface area contributed by atoms with Gasteiger partial charge in [-0.15, -0.1) is 5.10 Å². The number of aliphatic imine (C=N–C) groups is 1. The van der Waals surface area contributed by atoms with Crippen LogP contribution in [0.25, 0.3) is 5.52 Å². The van der Waals surface area contributed by atoms with Crippen LogP contribution in [-0.4, -0.2) is 64.9 Å². The summed E-state index contributed by atoms with van der Waals surface area (Å²) in [6.07, 6.45) is 6.39. The maximum absolute atomic E-state index is 10.1. The summed E-state index contributed by atoms with van der Waals surface area (Å²) in [5, 5.41) is 22.1. The number of quaternary nitrogens is 1. The molecule has 2 aromatic rings. The molecule has 0 unspecified atom stereocenters. The minimum atomic E-state index is -0.0416. The summed E-state index contributed by atoms with van der Waals surface area (Å²) in [4.78, 5) is 4.54. The van der Waals surface area contributed by atoms with E-state index in [1.165, 1.54) is 6.08 Å². The lowest BCUT2D eigenvalue weighted by Crippen LogP contribution is -2.38. The SMILES string of the molecule is C[N+](C)(C)CCOc1nn2ccccc2c1/N=C1\C=CC(=N)C=C1O. The first kappa shape index (κ1) is 16.9. The topological polar surface area (TPSA) is 83.0 Å². The fourth-order valence-corrected chi connectivity index (χ4v) is 2.32. The second-order valence-electron chi connectivity index (χ2n) is 6.86. The Morgan fingerprint density at radius 3 is 2.80 bits per heavy atom. The normalized spacial score (nSPS) is 16.5. The van der Waals surface area contributed by atoms with Crippen LogP contribution >= 0.6 is 0 Å². The molecule has 0 atom stereocenters. The van der Waals surface area contributed by atoms with Gasteiger partial charge in [-0.25, -0.2) is 9.51 Å². The van der Waals surface area contributed by atoms with E-state index >= 15 is 0 Å². The molecule has 0 aliphatic heterocycles. The zero-order chi connectivity index (χ0) is 18.0. The van der Waals surface area contributed by atoms with Crippen LogP contribution < -0.4 is 4.74 Å². The molecule has 1 aliphatic carbocycles. The monoisotopic (exact) mass is 340 g/mol. The van der Waals surface area contributed by atoms with Crippen molar-refractivity contribution in [1.82, 2.24) is 9.61 Å². The molecule has 2 aromatic heterocycles. The van der Waals surface area contributed by atoms with E-state index in [4.69, 9.17) is 10.1 Å². The van der Waals surface area contributed by atoms with Gasteiger partial charge >= 0.3 is 0 Å². The molecule has 0 saturated heterocycles. The van der Waals surface area contributed by atoms with Gasteiger partial charge in [0.25, 0.3) is 5.88 Å². The van der Waals surface area contributed by atoms with Crippen molar-refractivity contribution >= 4 is 22.6 Å². The largest absolute Gasteiger partial charge is 0.506 e. The van der Waals surface area contributed by atoms with Gasteiger partial charge in [0.1, 0.15) is 24.6 Å². The Hall–Kier alpha value is -2.93. The first-order valence-corrected chi connectivity index (χ1v) is 8.00. The quantitative estimate of drug-likeness (QED) is 0.648. The van der Waals surface area contributed by atoms with E-state index in [2.05, 4.69) is 31.2 Å². The van der Waals surface area contributed by atoms with Crippen molar-refractivity contribution in [3.63, 3.8) is 0 Å². The smallest absolute Gasteiger partial charge is 0.260 e. The maximum atomic E-state index is 10.1. The molecule has 0 saturated carbocycles. The minimum Gasteiger partial charge on any atom is -0.506 e. The number of hydrogen-bond donors (Lipinski definition) is 2. The number of allylic oxidation sites excluding steroid dienone is 3. The van der Waals surface area contributed by atoms with Gasteiger partial charge in [0.15, 0.2) is 5.69 Å². The van der Waals surface area contributed by atoms with Crippen LogP contribution in [0.3, 0.4) is 0 Å².